The molecular weight excluding hydrogens is 486 g/mol. The van der Waals surface area contributed by atoms with Crippen LogP contribution in [0, 0.1) is 6.92 Å². The molecule has 1 amide bonds. The third kappa shape index (κ3) is 6.62. The Labute approximate surface area is 220 Å². The van der Waals surface area contributed by atoms with Gasteiger partial charge in [-0.1, -0.05) is 60.7 Å². The fraction of sp³-hybridized carbons (Fsp3) is 0.250. The first-order chi connectivity index (χ1) is 18.0. The van der Waals surface area contributed by atoms with E-state index in [1.165, 1.54) is 0 Å². The first-order valence-electron chi connectivity index (χ1n) is 12.0. The molecule has 1 heterocycles. The molecule has 0 aliphatic rings. The second-order valence-electron chi connectivity index (χ2n) is 8.76. The van der Waals surface area contributed by atoms with Gasteiger partial charge in [-0.15, -0.1) is 5.10 Å². The van der Waals surface area contributed by atoms with Crippen LogP contribution in [0.3, 0.4) is 0 Å². The maximum absolute atomic E-state index is 13.3. The summed E-state index contributed by atoms with van der Waals surface area (Å²) in [5.41, 5.74) is 5.13. The highest BCUT2D eigenvalue weighted by molar-refractivity contribution is 7.98. The normalized spacial score (nSPS) is 11.7. The molecule has 0 aliphatic heterocycles. The van der Waals surface area contributed by atoms with Crippen molar-refractivity contribution in [3.05, 3.63) is 101 Å². The number of amides is 1. The summed E-state index contributed by atoms with van der Waals surface area (Å²) < 4.78 is 1.77. The molecule has 0 bridgehead atoms. The molecule has 2 N–H and O–H groups in total. The van der Waals surface area contributed by atoms with Crippen molar-refractivity contribution < 1.29 is 14.7 Å². The molecule has 3 aromatic carbocycles. The number of tetrazole rings is 1. The molecule has 0 saturated heterocycles. The van der Waals surface area contributed by atoms with Crippen LogP contribution in [-0.2, 0) is 17.8 Å². The van der Waals surface area contributed by atoms with Crippen molar-refractivity contribution >= 4 is 23.6 Å². The van der Waals surface area contributed by atoms with E-state index in [0.29, 0.717) is 36.5 Å². The standard InChI is InChI=1S/C28H29N5O3S/c1-19-8-6-7-11-22(19)24-16-21(12-13-23(24)27(34)29-25(28(35)36)14-15-37-2)17-26-30-31-32-33(26)18-20-9-4-3-5-10-20/h3-13,16,25H,14-15,17-18H2,1-2H3,(H,29,34)(H,35,36). The van der Waals surface area contributed by atoms with Crippen molar-refractivity contribution in [3.63, 3.8) is 0 Å². The van der Waals surface area contributed by atoms with Gasteiger partial charge in [0.25, 0.3) is 5.91 Å². The summed E-state index contributed by atoms with van der Waals surface area (Å²) >= 11 is 1.54. The van der Waals surface area contributed by atoms with Gasteiger partial charge in [-0.2, -0.15) is 11.8 Å². The van der Waals surface area contributed by atoms with E-state index in [1.807, 2.05) is 79.9 Å². The van der Waals surface area contributed by atoms with Crippen molar-refractivity contribution in [2.75, 3.05) is 12.0 Å². The Morgan fingerprint density at radius 1 is 1.00 bits per heavy atom. The molecule has 0 spiro atoms. The lowest BCUT2D eigenvalue weighted by atomic mass is 9.93. The lowest BCUT2D eigenvalue weighted by molar-refractivity contribution is -0.139. The number of rotatable bonds is 11. The third-order valence-corrected chi connectivity index (χ3v) is 6.77. The fourth-order valence-corrected chi connectivity index (χ4v) is 4.61. The number of carbonyl (C=O) groups excluding carboxylic acids is 1. The van der Waals surface area contributed by atoms with Gasteiger partial charge in [0.05, 0.1) is 6.54 Å². The summed E-state index contributed by atoms with van der Waals surface area (Å²) in [5, 5.41) is 24.6. The molecule has 190 valence electrons. The first-order valence-corrected chi connectivity index (χ1v) is 13.4. The average molecular weight is 516 g/mol. The third-order valence-electron chi connectivity index (χ3n) is 6.12. The van der Waals surface area contributed by atoms with E-state index >= 15 is 0 Å². The van der Waals surface area contributed by atoms with Gasteiger partial charge < -0.3 is 10.4 Å². The van der Waals surface area contributed by atoms with Crippen molar-refractivity contribution in [3.8, 4) is 11.1 Å². The van der Waals surface area contributed by atoms with Crippen LogP contribution in [0.25, 0.3) is 11.1 Å². The summed E-state index contributed by atoms with van der Waals surface area (Å²) in [5.74, 6) is -0.104. The van der Waals surface area contributed by atoms with E-state index in [1.54, 1.807) is 22.5 Å². The quantitative estimate of drug-likeness (QED) is 0.308. The van der Waals surface area contributed by atoms with Crippen molar-refractivity contribution in [2.45, 2.75) is 32.4 Å². The zero-order chi connectivity index (χ0) is 26.2. The number of thioether (sulfide) groups is 1. The second-order valence-corrected chi connectivity index (χ2v) is 9.74. The van der Waals surface area contributed by atoms with Gasteiger partial charge in [-0.3, -0.25) is 4.79 Å². The summed E-state index contributed by atoms with van der Waals surface area (Å²) in [6, 6.07) is 22.5. The Bertz CT molecular complexity index is 1370. The predicted molar refractivity (Wildman–Crippen MR) is 145 cm³/mol. The van der Waals surface area contributed by atoms with Gasteiger partial charge in [-0.05, 0) is 75.7 Å². The van der Waals surface area contributed by atoms with E-state index in [-0.39, 0.29) is 0 Å². The molecule has 1 unspecified atom stereocenters. The Morgan fingerprint density at radius 2 is 1.76 bits per heavy atom. The van der Waals surface area contributed by atoms with E-state index < -0.39 is 17.9 Å². The van der Waals surface area contributed by atoms with Crippen LogP contribution >= 0.6 is 11.8 Å². The Morgan fingerprint density at radius 3 is 2.49 bits per heavy atom. The van der Waals surface area contributed by atoms with Crippen LogP contribution < -0.4 is 5.32 Å². The van der Waals surface area contributed by atoms with Crippen LogP contribution in [0.4, 0.5) is 0 Å². The number of carboxylic acid groups (broad SMARTS) is 1. The highest BCUT2D eigenvalue weighted by Crippen LogP contribution is 2.29. The van der Waals surface area contributed by atoms with Crippen LogP contribution in [-0.4, -0.2) is 55.2 Å². The molecule has 4 aromatic rings. The summed E-state index contributed by atoms with van der Waals surface area (Å²) in [7, 11) is 0. The highest BCUT2D eigenvalue weighted by Gasteiger charge is 2.23. The van der Waals surface area contributed by atoms with Gasteiger partial charge in [0.1, 0.15) is 6.04 Å². The molecule has 0 saturated carbocycles. The molecule has 37 heavy (non-hydrogen) atoms. The maximum Gasteiger partial charge on any atom is 0.326 e. The van der Waals surface area contributed by atoms with Crippen LogP contribution in [0.1, 0.15) is 39.3 Å². The van der Waals surface area contributed by atoms with Gasteiger partial charge >= 0.3 is 5.97 Å². The Hall–Kier alpha value is -3.98. The van der Waals surface area contributed by atoms with Gasteiger partial charge in [0.2, 0.25) is 0 Å². The number of aromatic nitrogens is 4. The molecule has 1 atom stereocenters. The molecule has 8 nitrogen and oxygen atoms in total. The zero-order valence-electron chi connectivity index (χ0n) is 20.8. The minimum absolute atomic E-state index is 0.351. The summed E-state index contributed by atoms with van der Waals surface area (Å²) in [6.45, 7) is 2.55. The smallest absolute Gasteiger partial charge is 0.326 e. The van der Waals surface area contributed by atoms with E-state index in [0.717, 1.165) is 27.8 Å². The van der Waals surface area contributed by atoms with E-state index in [2.05, 4.69) is 20.8 Å². The van der Waals surface area contributed by atoms with Crippen LogP contribution in [0.5, 0.6) is 0 Å². The Kier molecular flexibility index (Phi) is 8.68. The lowest BCUT2D eigenvalue weighted by Crippen LogP contribution is -2.41. The van der Waals surface area contributed by atoms with Gasteiger partial charge in [0, 0.05) is 12.0 Å². The molecule has 0 fully saturated rings. The van der Waals surface area contributed by atoms with Crippen molar-refractivity contribution in [1.82, 2.24) is 25.5 Å². The minimum atomic E-state index is -1.04. The fourth-order valence-electron chi connectivity index (χ4n) is 4.14. The number of benzene rings is 3. The summed E-state index contributed by atoms with van der Waals surface area (Å²) in [6.07, 6.45) is 2.74. The molecule has 9 heteroatoms. The monoisotopic (exact) mass is 515 g/mol. The molecule has 0 aliphatic carbocycles. The number of aryl methyl sites for hydroxylation is 1. The molecule has 4 rings (SSSR count). The number of hydrogen-bond donors (Lipinski definition) is 2. The van der Waals surface area contributed by atoms with Crippen LogP contribution in [0.15, 0.2) is 72.8 Å². The van der Waals surface area contributed by atoms with Crippen LogP contribution in [0.2, 0.25) is 0 Å². The first kappa shape index (κ1) is 26.1. The highest BCUT2D eigenvalue weighted by atomic mass is 32.2. The maximum atomic E-state index is 13.3. The second kappa shape index (κ2) is 12.3. The minimum Gasteiger partial charge on any atom is -0.480 e. The van der Waals surface area contributed by atoms with Crippen molar-refractivity contribution in [1.29, 1.82) is 0 Å². The molecular formula is C28H29N5O3S. The zero-order valence-corrected chi connectivity index (χ0v) is 21.6. The average Bonchev–Trinajstić information content (AvgIpc) is 3.33. The predicted octanol–water partition coefficient (Wildman–Crippen LogP) is 4.22. The number of aliphatic carboxylic acids is 1. The van der Waals surface area contributed by atoms with Gasteiger partial charge in [-0.25, -0.2) is 9.48 Å². The number of carbonyl (C=O) groups is 2. The van der Waals surface area contributed by atoms with E-state index in [4.69, 9.17) is 0 Å². The number of hydrogen-bond acceptors (Lipinski definition) is 6. The van der Waals surface area contributed by atoms with Crippen molar-refractivity contribution in [2.24, 2.45) is 0 Å². The summed E-state index contributed by atoms with van der Waals surface area (Å²) in [4.78, 5) is 25.0. The number of carboxylic acids is 1. The molecule has 0 radical (unpaired) electrons. The number of nitrogens with one attached hydrogen (secondary N) is 1. The lowest BCUT2D eigenvalue weighted by Gasteiger charge is -2.17. The number of nitrogens with zero attached hydrogens (tertiary/aromatic N) is 4. The Balaban J connectivity index is 1.65. The molecule has 1 aromatic heterocycles. The largest absolute Gasteiger partial charge is 0.480 e. The SMILES string of the molecule is CSCCC(NC(=O)c1ccc(Cc2nnnn2Cc2ccccc2)cc1-c1ccccc1C)C(=O)O. The van der Waals surface area contributed by atoms with Gasteiger partial charge in [0.15, 0.2) is 5.82 Å². The topological polar surface area (TPSA) is 110 Å². The van der Waals surface area contributed by atoms with E-state index in [9.17, 15) is 14.7 Å².